The van der Waals surface area contributed by atoms with E-state index in [-0.39, 0.29) is 44.2 Å². The number of nitrogen functional groups attached to an aromatic ring is 1. The Kier molecular flexibility index (Phi) is 5.28. The average Bonchev–Trinajstić information content (AvgIpc) is 2.37. The Hall–Kier alpha value is -1.43. The van der Waals surface area contributed by atoms with Crippen molar-refractivity contribution in [3.63, 3.8) is 0 Å². The van der Waals surface area contributed by atoms with Crippen molar-refractivity contribution >= 4 is 24.0 Å². The third-order valence-electron chi connectivity index (χ3n) is 3.38. The summed E-state index contributed by atoms with van der Waals surface area (Å²) in [5.74, 6) is -1.55. The van der Waals surface area contributed by atoms with Crippen molar-refractivity contribution in [1.29, 1.82) is 0 Å². The standard InChI is InChI=1S/C13H15F3N2O.ClH/c14-13(15,16)10-4-6-18(7-5-10)12(19)9-2-1-3-11(17)8-9;/h1-3,8,10H,4-7,17H2;1H. The maximum absolute atomic E-state index is 12.5. The number of carbonyl (C=O) groups is 1. The van der Waals surface area contributed by atoms with E-state index >= 15 is 0 Å². The molecule has 0 aliphatic carbocycles. The largest absolute Gasteiger partial charge is 0.399 e. The molecule has 0 atom stereocenters. The van der Waals surface area contributed by atoms with E-state index in [4.69, 9.17) is 5.73 Å². The van der Waals surface area contributed by atoms with Gasteiger partial charge in [0.15, 0.2) is 0 Å². The molecule has 1 aromatic rings. The van der Waals surface area contributed by atoms with Crippen molar-refractivity contribution in [1.82, 2.24) is 4.90 Å². The molecular weight excluding hydrogens is 293 g/mol. The molecule has 1 amide bonds. The highest BCUT2D eigenvalue weighted by atomic mass is 35.5. The number of halogens is 4. The second-order valence-electron chi connectivity index (χ2n) is 4.73. The van der Waals surface area contributed by atoms with E-state index in [9.17, 15) is 18.0 Å². The van der Waals surface area contributed by atoms with Crippen LogP contribution in [0.15, 0.2) is 24.3 Å². The zero-order chi connectivity index (χ0) is 14.0. The Morgan fingerprint density at radius 1 is 1.25 bits per heavy atom. The number of piperidine rings is 1. The Labute approximate surface area is 121 Å². The average molecular weight is 309 g/mol. The minimum Gasteiger partial charge on any atom is -0.399 e. The van der Waals surface area contributed by atoms with E-state index in [1.807, 2.05) is 0 Å². The molecule has 0 unspecified atom stereocenters. The predicted molar refractivity (Wildman–Crippen MR) is 72.8 cm³/mol. The number of carbonyl (C=O) groups excluding carboxylic acids is 1. The van der Waals surface area contributed by atoms with Crippen LogP contribution in [0, 0.1) is 5.92 Å². The van der Waals surface area contributed by atoms with Gasteiger partial charge in [0.2, 0.25) is 0 Å². The first-order valence-electron chi connectivity index (χ1n) is 6.09. The van der Waals surface area contributed by atoms with Gasteiger partial charge in [0.1, 0.15) is 0 Å². The van der Waals surface area contributed by atoms with Gasteiger partial charge in [0.25, 0.3) is 5.91 Å². The molecule has 20 heavy (non-hydrogen) atoms. The maximum Gasteiger partial charge on any atom is 0.391 e. The summed E-state index contributed by atoms with van der Waals surface area (Å²) in [7, 11) is 0. The van der Waals surface area contributed by atoms with Crippen molar-refractivity contribution < 1.29 is 18.0 Å². The fourth-order valence-corrected chi connectivity index (χ4v) is 2.26. The van der Waals surface area contributed by atoms with E-state index in [0.717, 1.165) is 0 Å². The number of anilines is 1. The molecular formula is C13H16ClF3N2O. The fraction of sp³-hybridized carbons (Fsp3) is 0.462. The summed E-state index contributed by atoms with van der Waals surface area (Å²) in [6.45, 7) is 0.273. The van der Waals surface area contributed by atoms with Crippen LogP contribution in [0.1, 0.15) is 23.2 Å². The molecule has 2 N–H and O–H groups in total. The Morgan fingerprint density at radius 2 is 1.85 bits per heavy atom. The van der Waals surface area contributed by atoms with Gasteiger partial charge in [0, 0.05) is 24.3 Å². The third-order valence-corrected chi connectivity index (χ3v) is 3.38. The predicted octanol–water partition coefficient (Wildman–Crippen LogP) is 3.11. The minimum atomic E-state index is -4.16. The molecule has 1 aliphatic rings. The second kappa shape index (κ2) is 6.35. The van der Waals surface area contributed by atoms with Gasteiger partial charge in [-0.3, -0.25) is 4.79 Å². The van der Waals surface area contributed by atoms with Crippen LogP contribution in [0.5, 0.6) is 0 Å². The molecule has 1 heterocycles. The van der Waals surface area contributed by atoms with Crippen LogP contribution in [0.25, 0.3) is 0 Å². The number of hydrogen-bond donors (Lipinski definition) is 1. The topological polar surface area (TPSA) is 46.3 Å². The Morgan fingerprint density at radius 3 is 2.35 bits per heavy atom. The first-order chi connectivity index (χ1) is 8.88. The molecule has 2 rings (SSSR count). The lowest BCUT2D eigenvalue weighted by molar-refractivity contribution is -0.183. The van der Waals surface area contributed by atoms with E-state index in [2.05, 4.69) is 0 Å². The van der Waals surface area contributed by atoms with Crippen molar-refractivity contribution in [3.05, 3.63) is 29.8 Å². The Balaban J connectivity index is 0.00000200. The van der Waals surface area contributed by atoms with Crippen LogP contribution >= 0.6 is 12.4 Å². The fourth-order valence-electron chi connectivity index (χ4n) is 2.26. The van der Waals surface area contributed by atoms with Crippen LogP contribution in [0.4, 0.5) is 18.9 Å². The molecule has 3 nitrogen and oxygen atoms in total. The lowest BCUT2D eigenvalue weighted by Crippen LogP contribution is -2.42. The minimum absolute atomic E-state index is 0. The van der Waals surface area contributed by atoms with Crippen molar-refractivity contribution in [2.24, 2.45) is 5.92 Å². The van der Waals surface area contributed by atoms with Crippen molar-refractivity contribution in [2.45, 2.75) is 19.0 Å². The number of rotatable bonds is 1. The zero-order valence-corrected chi connectivity index (χ0v) is 11.5. The van der Waals surface area contributed by atoms with E-state index < -0.39 is 12.1 Å². The first-order valence-corrected chi connectivity index (χ1v) is 6.09. The number of amides is 1. The maximum atomic E-state index is 12.5. The first kappa shape index (κ1) is 16.6. The highest BCUT2D eigenvalue weighted by Gasteiger charge is 2.41. The highest BCUT2D eigenvalue weighted by Crippen LogP contribution is 2.34. The molecule has 0 radical (unpaired) electrons. The lowest BCUT2D eigenvalue weighted by atomic mass is 9.96. The smallest absolute Gasteiger partial charge is 0.391 e. The Bertz CT molecular complexity index is 471. The summed E-state index contributed by atoms with van der Waals surface area (Å²) in [6, 6.07) is 6.48. The number of hydrogen-bond acceptors (Lipinski definition) is 2. The monoisotopic (exact) mass is 308 g/mol. The summed E-state index contributed by atoms with van der Waals surface area (Å²) < 4.78 is 37.6. The van der Waals surface area contributed by atoms with Gasteiger partial charge >= 0.3 is 6.18 Å². The number of nitrogens with zero attached hydrogens (tertiary/aromatic N) is 1. The van der Waals surface area contributed by atoms with Gasteiger partial charge in [-0.05, 0) is 31.0 Å². The molecule has 1 aromatic carbocycles. The van der Waals surface area contributed by atoms with Gasteiger partial charge in [-0.15, -0.1) is 12.4 Å². The van der Waals surface area contributed by atoms with Crippen LogP contribution in [0.3, 0.4) is 0 Å². The lowest BCUT2D eigenvalue weighted by Gasteiger charge is -2.33. The molecule has 1 fully saturated rings. The number of benzene rings is 1. The summed E-state index contributed by atoms with van der Waals surface area (Å²) in [4.78, 5) is 13.6. The molecule has 1 aliphatic heterocycles. The molecule has 0 spiro atoms. The van der Waals surface area contributed by atoms with Gasteiger partial charge in [-0.25, -0.2) is 0 Å². The van der Waals surface area contributed by atoms with Crippen LogP contribution in [0.2, 0.25) is 0 Å². The van der Waals surface area contributed by atoms with Crippen LogP contribution in [-0.2, 0) is 0 Å². The van der Waals surface area contributed by atoms with Crippen LogP contribution in [-0.4, -0.2) is 30.1 Å². The van der Waals surface area contributed by atoms with Crippen LogP contribution < -0.4 is 5.73 Å². The SMILES string of the molecule is Cl.Nc1cccc(C(=O)N2CCC(C(F)(F)F)CC2)c1. The van der Waals surface area contributed by atoms with E-state index in [1.54, 1.807) is 18.2 Å². The number of nitrogens with two attached hydrogens (primary N) is 1. The van der Waals surface area contributed by atoms with Gasteiger partial charge in [-0.1, -0.05) is 6.07 Å². The number of likely N-dealkylation sites (tertiary alicyclic amines) is 1. The summed E-state index contributed by atoms with van der Waals surface area (Å²) in [5, 5.41) is 0. The number of alkyl halides is 3. The van der Waals surface area contributed by atoms with Crippen molar-refractivity contribution in [3.8, 4) is 0 Å². The summed E-state index contributed by atoms with van der Waals surface area (Å²) in [6.07, 6.45) is -4.22. The third kappa shape index (κ3) is 3.79. The highest BCUT2D eigenvalue weighted by molar-refractivity contribution is 5.95. The van der Waals surface area contributed by atoms with Gasteiger partial charge < -0.3 is 10.6 Å². The van der Waals surface area contributed by atoms with Gasteiger partial charge in [0.05, 0.1) is 5.92 Å². The summed E-state index contributed by atoms with van der Waals surface area (Å²) in [5.41, 5.74) is 6.48. The zero-order valence-electron chi connectivity index (χ0n) is 10.7. The van der Waals surface area contributed by atoms with Gasteiger partial charge in [-0.2, -0.15) is 13.2 Å². The quantitative estimate of drug-likeness (QED) is 0.810. The molecule has 0 aromatic heterocycles. The second-order valence-corrected chi connectivity index (χ2v) is 4.73. The molecule has 7 heteroatoms. The summed E-state index contributed by atoms with van der Waals surface area (Å²) >= 11 is 0. The molecule has 112 valence electrons. The molecule has 0 bridgehead atoms. The molecule has 0 saturated carbocycles. The van der Waals surface area contributed by atoms with E-state index in [1.165, 1.54) is 11.0 Å². The van der Waals surface area contributed by atoms with E-state index in [0.29, 0.717) is 11.3 Å². The normalized spacial score (nSPS) is 16.6. The van der Waals surface area contributed by atoms with Crippen molar-refractivity contribution in [2.75, 3.05) is 18.8 Å². The molecule has 1 saturated heterocycles.